The quantitative estimate of drug-likeness (QED) is 0.899. The molecule has 4 nitrogen and oxygen atoms in total. The molecule has 0 fully saturated rings. The number of aromatic nitrogens is 2. The minimum absolute atomic E-state index is 0.0611. The number of carbonyl (C=O) groups is 1. The highest BCUT2D eigenvalue weighted by Gasteiger charge is 2.19. The van der Waals surface area contributed by atoms with Gasteiger partial charge in [0.05, 0.1) is 5.56 Å². The highest BCUT2D eigenvalue weighted by molar-refractivity contribution is 7.10. The number of nitrogens with zero attached hydrogens (tertiary/aromatic N) is 1. The van der Waals surface area contributed by atoms with E-state index in [1.54, 1.807) is 23.7 Å². The van der Waals surface area contributed by atoms with Gasteiger partial charge in [0.15, 0.2) is 0 Å². The van der Waals surface area contributed by atoms with Crippen molar-refractivity contribution in [1.29, 1.82) is 0 Å². The fourth-order valence-corrected chi connectivity index (χ4v) is 3.63. The fourth-order valence-electron chi connectivity index (χ4n) is 2.51. The van der Waals surface area contributed by atoms with E-state index in [0.29, 0.717) is 6.54 Å². The third-order valence-corrected chi connectivity index (χ3v) is 4.60. The van der Waals surface area contributed by atoms with Crippen molar-refractivity contribution in [3.8, 4) is 0 Å². The van der Waals surface area contributed by atoms with Crippen LogP contribution in [0.25, 0.3) is 0 Å². The number of hydrogen-bond donors (Lipinski definition) is 2. The van der Waals surface area contributed by atoms with Crippen LogP contribution in [0.1, 0.15) is 39.5 Å². The highest BCUT2D eigenvalue weighted by atomic mass is 32.1. The molecule has 3 rings (SSSR count). The van der Waals surface area contributed by atoms with Crippen LogP contribution in [0.5, 0.6) is 0 Å². The van der Waals surface area contributed by atoms with E-state index >= 15 is 0 Å². The predicted octanol–water partition coefficient (Wildman–Crippen LogP) is 2.32. The molecule has 19 heavy (non-hydrogen) atoms. The third-order valence-electron chi connectivity index (χ3n) is 3.51. The molecule has 0 unspecified atom stereocenters. The van der Waals surface area contributed by atoms with Gasteiger partial charge in [-0.15, -0.1) is 11.3 Å². The second-order valence-corrected chi connectivity index (χ2v) is 5.76. The first kappa shape index (κ1) is 12.4. The van der Waals surface area contributed by atoms with Crippen molar-refractivity contribution in [1.82, 2.24) is 15.3 Å². The highest BCUT2D eigenvalue weighted by Crippen LogP contribution is 2.30. The largest absolute Gasteiger partial charge is 0.352 e. The molecule has 2 N–H and O–H groups in total. The summed E-state index contributed by atoms with van der Waals surface area (Å²) >= 11 is 1.73. The van der Waals surface area contributed by atoms with Gasteiger partial charge in [-0.05, 0) is 31.2 Å². The number of imidazole rings is 1. The van der Waals surface area contributed by atoms with Crippen LogP contribution in [0.3, 0.4) is 0 Å². The van der Waals surface area contributed by atoms with Crippen LogP contribution in [0.15, 0.2) is 17.8 Å². The summed E-state index contributed by atoms with van der Waals surface area (Å²) in [5, 5.41) is 4.99. The molecule has 100 valence electrons. The number of fused-ring (bicyclic) bond motifs is 1. The molecule has 0 saturated carbocycles. The lowest BCUT2D eigenvalue weighted by atomic mass is 9.96. The number of hydrogen-bond acceptors (Lipinski definition) is 3. The zero-order chi connectivity index (χ0) is 13.1. The maximum absolute atomic E-state index is 12.2. The van der Waals surface area contributed by atoms with E-state index in [-0.39, 0.29) is 5.91 Å². The standard InChI is InChI=1S/C14H17N3OS/c18-14(17-6-5-13-15-7-8-16-13)11-9-19-12-4-2-1-3-10(11)12/h7-9H,1-6H2,(H,15,16)(H,17,18). The van der Waals surface area contributed by atoms with Gasteiger partial charge in [-0.3, -0.25) is 4.79 Å². The van der Waals surface area contributed by atoms with E-state index in [9.17, 15) is 4.79 Å². The Labute approximate surface area is 116 Å². The van der Waals surface area contributed by atoms with Gasteiger partial charge in [0, 0.05) is 35.6 Å². The van der Waals surface area contributed by atoms with Crippen molar-refractivity contribution < 1.29 is 4.79 Å². The molecule has 1 amide bonds. The van der Waals surface area contributed by atoms with Crippen LogP contribution in [0.4, 0.5) is 0 Å². The molecule has 0 saturated heterocycles. The number of amides is 1. The molecular weight excluding hydrogens is 258 g/mol. The van der Waals surface area contributed by atoms with Crippen molar-refractivity contribution in [2.24, 2.45) is 0 Å². The summed E-state index contributed by atoms with van der Waals surface area (Å²) in [6.07, 6.45) is 8.92. The number of aromatic amines is 1. The van der Waals surface area contributed by atoms with Gasteiger partial charge in [-0.2, -0.15) is 0 Å². The lowest BCUT2D eigenvalue weighted by Gasteiger charge is -2.12. The number of aryl methyl sites for hydroxylation is 1. The molecule has 2 aromatic heterocycles. The van der Waals surface area contributed by atoms with Gasteiger partial charge in [0.1, 0.15) is 5.82 Å². The molecule has 0 atom stereocenters. The zero-order valence-corrected chi connectivity index (χ0v) is 11.6. The van der Waals surface area contributed by atoms with Gasteiger partial charge in [0.25, 0.3) is 5.91 Å². The Morgan fingerprint density at radius 1 is 1.42 bits per heavy atom. The average Bonchev–Trinajstić information content (AvgIpc) is 3.07. The van der Waals surface area contributed by atoms with Crippen molar-refractivity contribution >= 4 is 17.2 Å². The zero-order valence-electron chi connectivity index (χ0n) is 10.7. The Kier molecular flexibility index (Phi) is 3.64. The van der Waals surface area contributed by atoms with Crippen molar-refractivity contribution in [2.45, 2.75) is 32.1 Å². The van der Waals surface area contributed by atoms with Gasteiger partial charge in [-0.1, -0.05) is 0 Å². The van der Waals surface area contributed by atoms with Crippen LogP contribution in [0.2, 0.25) is 0 Å². The first-order valence-corrected chi connectivity index (χ1v) is 7.58. The van der Waals surface area contributed by atoms with Crippen LogP contribution in [-0.4, -0.2) is 22.4 Å². The van der Waals surface area contributed by atoms with E-state index in [1.165, 1.54) is 23.3 Å². The van der Waals surface area contributed by atoms with Crippen LogP contribution in [-0.2, 0) is 19.3 Å². The Balaban J connectivity index is 1.59. The monoisotopic (exact) mass is 275 g/mol. The first-order valence-electron chi connectivity index (χ1n) is 6.70. The van der Waals surface area contributed by atoms with Gasteiger partial charge < -0.3 is 10.3 Å². The molecule has 0 radical (unpaired) electrons. The summed E-state index contributed by atoms with van der Waals surface area (Å²) in [6.45, 7) is 0.622. The summed E-state index contributed by atoms with van der Waals surface area (Å²) in [5.74, 6) is 0.971. The number of thiophene rings is 1. The Hall–Kier alpha value is -1.62. The molecule has 0 aromatic carbocycles. The van der Waals surface area contributed by atoms with E-state index in [0.717, 1.165) is 30.7 Å². The second kappa shape index (κ2) is 5.57. The predicted molar refractivity (Wildman–Crippen MR) is 75.6 cm³/mol. The topological polar surface area (TPSA) is 57.8 Å². The molecule has 0 aliphatic heterocycles. The fraction of sp³-hybridized carbons (Fsp3) is 0.429. The maximum atomic E-state index is 12.2. The summed E-state index contributed by atoms with van der Waals surface area (Å²) in [5.41, 5.74) is 2.17. The smallest absolute Gasteiger partial charge is 0.252 e. The van der Waals surface area contributed by atoms with Crippen LogP contribution >= 0.6 is 11.3 Å². The lowest BCUT2D eigenvalue weighted by molar-refractivity contribution is 0.0953. The molecule has 0 spiro atoms. The number of H-pyrrole nitrogens is 1. The molecule has 1 aliphatic carbocycles. The Bertz CT molecular complexity index is 559. The van der Waals surface area contributed by atoms with Gasteiger partial charge in [0.2, 0.25) is 0 Å². The average molecular weight is 275 g/mol. The second-order valence-electron chi connectivity index (χ2n) is 4.80. The van der Waals surface area contributed by atoms with E-state index in [1.807, 2.05) is 5.38 Å². The number of carbonyl (C=O) groups excluding carboxylic acids is 1. The molecular formula is C14H17N3OS. The number of nitrogens with one attached hydrogen (secondary N) is 2. The minimum atomic E-state index is 0.0611. The summed E-state index contributed by atoms with van der Waals surface area (Å²) in [4.78, 5) is 20.8. The number of rotatable bonds is 4. The Morgan fingerprint density at radius 3 is 3.16 bits per heavy atom. The van der Waals surface area contributed by atoms with E-state index < -0.39 is 0 Å². The summed E-state index contributed by atoms with van der Waals surface area (Å²) in [7, 11) is 0. The van der Waals surface area contributed by atoms with E-state index in [2.05, 4.69) is 15.3 Å². The van der Waals surface area contributed by atoms with E-state index in [4.69, 9.17) is 0 Å². The van der Waals surface area contributed by atoms with Crippen LogP contribution < -0.4 is 5.32 Å². The lowest BCUT2D eigenvalue weighted by Crippen LogP contribution is -2.26. The van der Waals surface area contributed by atoms with Gasteiger partial charge >= 0.3 is 0 Å². The first-order chi connectivity index (χ1) is 9.34. The molecule has 2 aromatic rings. The minimum Gasteiger partial charge on any atom is -0.352 e. The van der Waals surface area contributed by atoms with Crippen molar-refractivity contribution in [3.63, 3.8) is 0 Å². The normalized spacial score (nSPS) is 14.1. The summed E-state index contributed by atoms with van der Waals surface area (Å²) in [6, 6.07) is 0. The molecule has 0 bridgehead atoms. The van der Waals surface area contributed by atoms with Crippen molar-refractivity contribution in [2.75, 3.05) is 6.54 Å². The van der Waals surface area contributed by atoms with Gasteiger partial charge in [-0.25, -0.2) is 4.98 Å². The molecule has 5 heteroatoms. The third kappa shape index (κ3) is 2.71. The SMILES string of the molecule is O=C(NCCc1ncc[nH]1)c1csc2c1CCCC2. The molecule has 2 heterocycles. The summed E-state index contributed by atoms with van der Waals surface area (Å²) < 4.78 is 0. The van der Waals surface area contributed by atoms with Crippen molar-refractivity contribution in [3.05, 3.63) is 39.6 Å². The Morgan fingerprint density at radius 2 is 2.32 bits per heavy atom. The maximum Gasteiger partial charge on any atom is 0.252 e. The molecule has 1 aliphatic rings. The van der Waals surface area contributed by atoms with Crippen LogP contribution in [0, 0.1) is 0 Å².